The lowest BCUT2D eigenvalue weighted by Gasteiger charge is -2.14. The number of benzene rings is 2. The summed E-state index contributed by atoms with van der Waals surface area (Å²) < 4.78 is 40.5. The van der Waals surface area contributed by atoms with Crippen LogP contribution >= 0.6 is 34.8 Å². The Balaban J connectivity index is 2.11. The first kappa shape index (κ1) is 19.0. The van der Waals surface area contributed by atoms with Crippen molar-refractivity contribution in [3.05, 3.63) is 69.6 Å². The first-order chi connectivity index (χ1) is 13.3. The molecule has 4 aromatic rings. The molecule has 0 N–H and O–H groups in total. The van der Waals surface area contributed by atoms with E-state index in [0.717, 1.165) is 0 Å². The zero-order chi connectivity index (χ0) is 20.1. The number of aromatic nitrogens is 4. The molecule has 2 aromatic carbocycles. The second-order valence-corrected chi connectivity index (χ2v) is 7.04. The highest BCUT2D eigenvalue weighted by molar-refractivity contribution is 6.33. The second kappa shape index (κ2) is 6.92. The topological polar surface area (TPSA) is 43.1 Å². The maximum atomic E-state index is 13.3. The predicted octanol–water partition coefficient (Wildman–Crippen LogP) is 6.44. The molecule has 0 saturated heterocycles. The van der Waals surface area contributed by atoms with E-state index < -0.39 is 12.0 Å². The van der Waals surface area contributed by atoms with Gasteiger partial charge in [-0.2, -0.15) is 22.8 Å². The van der Waals surface area contributed by atoms with Crippen molar-refractivity contribution in [3.8, 4) is 22.3 Å². The monoisotopic (exact) mass is 442 g/mol. The van der Waals surface area contributed by atoms with E-state index in [1.807, 2.05) is 0 Å². The molecule has 0 unspecified atom stereocenters. The molecule has 4 rings (SSSR count). The average molecular weight is 444 g/mol. The standard InChI is InChI=1S/C18H8Cl3F3N4/c19-11-5-1-9(2-6-11)13-14(10-3-7-12(20)8-4-10)16-25-26-17(18(22,23)24)28(16)27-15(13)21/h1-8H. The summed E-state index contributed by atoms with van der Waals surface area (Å²) in [7, 11) is 0. The Hall–Kier alpha value is -2.35. The van der Waals surface area contributed by atoms with Crippen LogP contribution in [0.5, 0.6) is 0 Å². The van der Waals surface area contributed by atoms with Crippen molar-refractivity contribution in [1.29, 1.82) is 0 Å². The molecule has 0 radical (unpaired) electrons. The Morgan fingerprint density at radius 1 is 0.714 bits per heavy atom. The summed E-state index contributed by atoms with van der Waals surface area (Å²) in [6.45, 7) is 0. The van der Waals surface area contributed by atoms with Crippen LogP contribution in [0.1, 0.15) is 5.82 Å². The van der Waals surface area contributed by atoms with Crippen LogP contribution in [0.3, 0.4) is 0 Å². The Morgan fingerprint density at radius 3 is 1.71 bits per heavy atom. The Kier molecular flexibility index (Phi) is 4.69. The normalized spacial score (nSPS) is 11.9. The molecule has 0 atom stereocenters. The molecule has 0 amide bonds. The molecule has 0 aliphatic carbocycles. The number of fused-ring (bicyclic) bond motifs is 1. The van der Waals surface area contributed by atoms with Crippen LogP contribution in [0.4, 0.5) is 13.2 Å². The number of nitrogens with zero attached hydrogens (tertiary/aromatic N) is 4. The van der Waals surface area contributed by atoms with E-state index in [1.165, 1.54) is 0 Å². The molecule has 2 heterocycles. The summed E-state index contributed by atoms with van der Waals surface area (Å²) in [6.07, 6.45) is -4.74. The SMILES string of the molecule is FC(F)(F)c1nnc2c(-c3ccc(Cl)cc3)c(-c3ccc(Cl)cc3)c(Cl)nn12. The zero-order valence-corrected chi connectivity index (χ0v) is 15.9. The van der Waals surface area contributed by atoms with E-state index in [9.17, 15) is 13.2 Å². The van der Waals surface area contributed by atoms with Crippen molar-refractivity contribution in [1.82, 2.24) is 19.8 Å². The molecule has 0 bridgehead atoms. The highest BCUT2D eigenvalue weighted by Crippen LogP contribution is 2.40. The summed E-state index contributed by atoms with van der Waals surface area (Å²) in [5.41, 5.74) is 1.86. The van der Waals surface area contributed by atoms with Gasteiger partial charge in [-0.05, 0) is 35.4 Å². The number of hydrogen-bond donors (Lipinski definition) is 0. The van der Waals surface area contributed by atoms with Gasteiger partial charge in [0.25, 0.3) is 5.82 Å². The third-order valence-electron chi connectivity index (χ3n) is 4.03. The third-order valence-corrected chi connectivity index (χ3v) is 4.80. The van der Waals surface area contributed by atoms with Crippen LogP contribution in [0, 0.1) is 0 Å². The van der Waals surface area contributed by atoms with Gasteiger partial charge in [0.15, 0.2) is 10.8 Å². The Morgan fingerprint density at radius 2 is 1.21 bits per heavy atom. The van der Waals surface area contributed by atoms with Crippen LogP contribution in [0.15, 0.2) is 48.5 Å². The minimum Gasteiger partial charge on any atom is -0.187 e. The van der Waals surface area contributed by atoms with Crippen LogP contribution in [0.2, 0.25) is 15.2 Å². The van der Waals surface area contributed by atoms with Gasteiger partial charge in [0.05, 0.1) is 0 Å². The molecule has 10 heteroatoms. The highest BCUT2D eigenvalue weighted by atomic mass is 35.5. The number of hydrogen-bond acceptors (Lipinski definition) is 3. The van der Waals surface area contributed by atoms with Gasteiger partial charge in [-0.3, -0.25) is 0 Å². The van der Waals surface area contributed by atoms with Gasteiger partial charge in [0.1, 0.15) is 0 Å². The number of alkyl halides is 3. The molecule has 28 heavy (non-hydrogen) atoms. The fourth-order valence-electron chi connectivity index (χ4n) is 2.83. The van der Waals surface area contributed by atoms with Crippen LogP contribution < -0.4 is 0 Å². The lowest BCUT2D eigenvalue weighted by Crippen LogP contribution is -2.13. The Labute approximate surface area is 171 Å². The molecule has 0 spiro atoms. The average Bonchev–Trinajstić information content (AvgIpc) is 3.06. The Bertz CT molecular complexity index is 1170. The van der Waals surface area contributed by atoms with E-state index in [0.29, 0.717) is 36.8 Å². The van der Waals surface area contributed by atoms with Crippen molar-refractivity contribution in [2.24, 2.45) is 0 Å². The van der Waals surface area contributed by atoms with Crippen LogP contribution in [0.25, 0.3) is 27.9 Å². The van der Waals surface area contributed by atoms with Crippen molar-refractivity contribution in [2.75, 3.05) is 0 Å². The minimum absolute atomic E-state index is 0.0796. The largest absolute Gasteiger partial charge is 0.453 e. The number of rotatable bonds is 2. The molecule has 0 aliphatic rings. The molecular weight excluding hydrogens is 436 g/mol. The molecule has 4 nitrogen and oxygen atoms in total. The van der Waals surface area contributed by atoms with Gasteiger partial charge in [-0.25, -0.2) is 0 Å². The van der Waals surface area contributed by atoms with Gasteiger partial charge in [-0.15, -0.1) is 10.2 Å². The van der Waals surface area contributed by atoms with Gasteiger partial charge in [0, 0.05) is 21.2 Å². The summed E-state index contributed by atoms with van der Waals surface area (Å²) in [4.78, 5) is 0. The summed E-state index contributed by atoms with van der Waals surface area (Å²) in [5.74, 6) is -1.26. The molecule has 0 aliphatic heterocycles. The fourth-order valence-corrected chi connectivity index (χ4v) is 3.36. The quantitative estimate of drug-likeness (QED) is 0.358. The lowest BCUT2D eigenvalue weighted by atomic mass is 9.97. The lowest BCUT2D eigenvalue weighted by molar-refractivity contribution is -0.146. The molecule has 0 fully saturated rings. The van der Waals surface area contributed by atoms with E-state index in [4.69, 9.17) is 34.8 Å². The van der Waals surface area contributed by atoms with E-state index in [-0.39, 0.29) is 10.8 Å². The second-order valence-electron chi connectivity index (χ2n) is 5.81. The first-order valence-corrected chi connectivity index (χ1v) is 8.93. The summed E-state index contributed by atoms with van der Waals surface area (Å²) >= 11 is 18.2. The van der Waals surface area contributed by atoms with Crippen LogP contribution in [-0.2, 0) is 6.18 Å². The zero-order valence-electron chi connectivity index (χ0n) is 13.7. The maximum Gasteiger partial charge on any atom is 0.453 e. The van der Waals surface area contributed by atoms with Crippen molar-refractivity contribution in [2.45, 2.75) is 6.18 Å². The highest BCUT2D eigenvalue weighted by Gasteiger charge is 2.38. The third kappa shape index (κ3) is 3.30. The minimum atomic E-state index is -4.74. The predicted molar refractivity (Wildman–Crippen MR) is 102 cm³/mol. The maximum absolute atomic E-state index is 13.3. The number of halogens is 6. The van der Waals surface area contributed by atoms with Crippen molar-refractivity contribution >= 4 is 40.4 Å². The van der Waals surface area contributed by atoms with E-state index in [2.05, 4.69) is 15.3 Å². The molecule has 2 aromatic heterocycles. The molecule has 142 valence electrons. The molecular formula is C18H8Cl3F3N4. The smallest absolute Gasteiger partial charge is 0.187 e. The van der Waals surface area contributed by atoms with Gasteiger partial charge < -0.3 is 0 Å². The van der Waals surface area contributed by atoms with Crippen LogP contribution in [-0.4, -0.2) is 19.8 Å². The summed E-state index contributed by atoms with van der Waals surface area (Å²) in [6, 6.07) is 13.2. The van der Waals surface area contributed by atoms with E-state index in [1.54, 1.807) is 48.5 Å². The van der Waals surface area contributed by atoms with E-state index >= 15 is 0 Å². The first-order valence-electron chi connectivity index (χ1n) is 7.79. The van der Waals surface area contributed by atoms with Gasteiger partial charge in [0.2, 0.25) is 0 Å². The fraction of sp³-hybridized carbons (Fsp3) is 0.0556. The van der Waals surface area contributed by atoms with Gasteiger partial charge in [-0.1, -0.05) is 59.1 Å². The van der Waals surface area contributed by atoms with Crippen molar-refractivity contribution < 1.29 is 13.2 Å². The van der Waals surface area contributed by atoms with Crippen molar-refractivity contribution in [3.63, 3.8) is 0 Å². The summed E-state index contributed by atoms with van der Waals surface area (Å²) in [5, 5.41) is 11.8. The molecule has 0 saturated carbocycles. The van der Waals surface area contributed by atoms with Gasteiger partial charge >= 0.3 is 6.18 Å².